The molecule has 2 atom stereocenters. The first-order valence-electron chi connectivity index (χ1n) is 10.2. The highest BCUT2D eigenvalue weighted by Crippen LogP contribution is 2.48. The van der Waals surface area contributed by atoms with Crippen molar-refractivity contribution in [1.82, 2.24) is 0 Å². The molecule has 1 heterocycles. The SMILES string of the molecule is C=CCOC(=O)C1=C(C)N=C2CC(C)(C)CC(=O)C2[C@@H]1c1ccc(O)c(OCC)c1. The van der Waals surface area contributed by atoms with Crippen LogP contribution in [0.25, 0.3) is 0 Å². The van der Waals surface area contributed by atoms with E-state index in [4.69, 9.17) is 9.47 Å². The molecule has 0 bridgehead atoms. The molecule has 1 aromatic rings. The number of aliphatic imine (C=N–C) groups is 1. The van der Waals surface area contributed by atoms with Crippen LogP contribution in [-0.4, -0.2) is 35.8 Å². The van der Waals surface area contributed by atoms with Crippen LogP contribution < -0.4 is 4.74 Å². The van der Waals surface area contributed by atoms with Gasteiger partial charge in [-0.25, -0.2) is 4.79 Å². The van der Waals surface area contributed by atoms with Gasteiger partial charge in [0, 0.05) is 23.7 Å². The first-order valence-corrected chi connectivity index (χ1v) is 10.2. The van der Waals surface area contributed by atoms with Crippen molar-refractivity contribution >= 4 is 17.5 Å². The third-order valence-electron chi connectivity index (χ3n) is 5.56. The predicted molar refractivity (Wildman–Crippen MR) is 115 cm³/mol. The Morgan fingerprint density at radius 3 is 2.73 bits per heavy atom. The molecule has 1 fully saturated rings. The Morgan fingerprint density at radius 1 is 1.33 bits per heavy atom. The van der Waals surface area contributed by atoms with Crippen LogP contribution in [0.4, 0.5) is 0 Å². The number of phenols is 1. The summed E-state index contributed by atoms with van der Waals surface area (Å²) in [6.45, 7) is 11.8. The Morgan fingerprint density at radius 2 is 2.07 bits per heavy atom. The van der Waals surface area contributed by atoms with Crippen molar-refractivity contribution in [3.05, 3.63) is 47.7 Å². The number of hydrogen-bond acceptors (Lipinski definition) is 6. The molecule has 0 spiro atoms. The van der Waals surface area contributed by atoms with Crippen molar-refractivity contribution in [2.45, 2.75) is 46.5 Å². The highest BCUT2D eigenvalue weighted by atomic mass is 16.5. The number of carbonyl (C=O) groups is 2. The minimum Gasteiger partial charge on any atom is -0.504 e. The van der Waals surface area contributed by atoms with Gasteiger partial charge in [0.25, 0.3) is 0 Å². The number of fused-ring (bicyclic) bond motifs is 1. The summed E-state index contributed by atoms with van der Waals surface area (Å²) in [7, 11) is 0. The molecule has 30 heavy (non-hydrogen) atoms. The van der Waals surface area contributed by atoms with Crippen LogP contribution in [0.3, 0.4) is 0 Å². The summed E-state index contributed by atoms with van der Waals surface area (Å²) in [4.78, 5) is 30.9. The Kier molecular flexibility index (Phi) is 6.15. The molecule has 3 rings (SSSR count). The number of ether oxygens (including phenoxy) is 2. The van der Waals surface area contributed by atoms with Crippen molar-refractivity contribution in [3.63, 3.8) is 0 Å². The summed E-state index contributed by atoms with van der Waals surface area (Å²) >= 11 is 0. The summed E-state index contributed by atoms with van der Waals surface area (Å²) in [5.41, 5.74) is 2.25. The first kappa shape index (κ1) is 21.8. The quantitative estimate of drug-likeness (QED) is 0.556. The van der Waals surface area contributed by atoms with Crippen molar-refractivity contribution in [1.29, 1.82) is 0 Å². The van der Waals surface area contributed by atoms with E-state index in [-0.39, 0.29) is 23.6 Å². The van der Waals surface area contributed by atoms with Crippen LogP contribution >= 0.6 is 0 Å². The van der Waals surface area contributed by atoms with Gasteiger partial charge in [-0.2, -0.15) is 0 Å². The van der Waals surface area contributed by atoms with Gasteiger partial charge in [0.05, 0.1) is 18.1 Å². The number of carbonyl (C=O) groups excluding carboxylic acids is 2. The molecule has 160 valence electrons. The van der Waals surface area contributed by atoms with E-state index in [2.05, 4.69) is 25.4 Å². The molecule has 6 nitrogen and oxygen atoms in total. The van der Waals surface area contributed by atoms with E-state index in [0.717, 1.165) is 5.71 Å². The highest BCUT2D eigenvalue weighted by molar-refractivity contribution is 6.12. The molecule has 0 radical (unpaired) electrons. The Hall–Kier alpha value is -2.89. The van der Waals surface area contributed by atoms with E-state index in [9.17, 15) is 14.7 Å². The van der Waals surface area contributed by atoms with Gasteiger partial charge >= 0.3 is 5.97 Å². The topological polar surface area (TPSA) is 85.2 Å². The number of Topliss-reactive ketones (excluding diaryl/α,β-unsaturated/α-hetero) is 1. The molecule has 1 aromatic carbocycles. The van der Waals surface area contributed by atoms with Gasteiger partial charge in [-0.15, -0.1) is 0 Å². The number of esters is 1. The molecule has 0 saturated heterocycles. The summed E-state index contributed by atoms with van der Waals surface area (Å²) in [5, 5.41) is 10.1. The molecule has 0 amide bonds. The predicted octanol–water partition coefficient (Wildman–Crippen LogP) is 4.34. The van der Waals surface area contributed by atoms with Crippen LogP contribution in [-0.2, 0) is 14.3 Å². The lowest BCUT2D eigenvalue weighted by molar-refractivity contribution is -0.138. The second-order valence-electron chi connectivity index (χ2n) is 8.59. The van der Waals surface area contributed by atoms with Crippen molar-refractivity contribution in [2.24, 2.45) is 16.3 Å². The molecule has 1 saturated carbocycles. The van der Waals surface area contributed by atoms with Gasteiger partial charge in [-0.1, -0.05) is 32.6 Å². The second kappa shape index (κ2) is 8.46. The average Bonchev–Trinajstić information content (AvgIpc) is 2.66. The maximum absolute atomic E-state index is 13.2. The lowest BCUT2D eigenvalue weighted by Gasteiger charge is -2.41. The third-order valence-corrected chi connectivity index (χ3v) is 5.56. The average molecular weight is 411 g/mol. The monoisotopic (exact) mass is 411 g/mol. The number of phenolic OH excluding ortho intramolecular Hbond substituents is 1. The maximum Gasteiger partial charge on any atom is 0.336 e. The molecule has 6 heteroatoms. The zero-order valence-electron chi connectivity index (χ0n) is 18.0. The van der Waals surface area contributed by atoms with Gasteiger partial charge < -0.3 is 14.6 Å². The molecule has 2 aliphatic rings. The fourth-order valence-corrected chi connectivity index (χ4v) is 4.43. The summed E-state index contributed by atoms with van der Waals surface area (Å²) in [6.07, 6.45) is 2.60. The number of allylic oxidation sites excluding steroid dienone is 1. The number of benzene rings is 1. The molecule has 0 aromatic heterocycles. The fourth-order valence-electron chi connectivity index (χ4n) is 4.43. The summed E-state index contributed by atoms with van der Waals surface area (Å²) < 4.78 is 10.9. The van der Waals surface area contributed by atoms with Gasteiger partial charge in [0.2, 0.25) is 0 Å². The van der Waals surface area contributed by atoms with Crippen molar-refractivity contribution in [3.8, 4) is 11.5 Å². The highest BCUT2D eigenvalue weighted by Gasteiger charge is 2.47. The summed E-state index contributed by atoms with van der Waals surface area (Å²) in [6, 6.07) is 4.96. The molecule has 1 aliphatic carbocycles. The minimum atomic E-state index is -0.543. The number of rotatable bonds is 6. The minimum absolute atomic E-state index is 0.0119. The van der Waals surface area contributed by atoms with Gasteiger partial charge in [-0.3, -0.25) is 9.79 Å². The lowest BCUT2D eigenvalue weighted by atomic mass is 9.63. The number of ketones is 1. The van der Waals surface area contributed by atoms with Crippen LogP contribution in [0.2, 0.25) is 0 Å². The molecule has 1 aliphatic heterocycles. The lowest BCUT2D eigenvalue weighted by Crippen LogP contribution is -2.44. The smallest absolute Gasteiger partial charge is 0.336 e. The maximum atomic E-state index is 13.2. The number of aromatic hydroxyl groups is 1. The van der Waals surface area contributed by atoms with E-state index in [1.807, 2.05) is 6.92 Å². The molecule has 1 unspecified atom stereocenters. The van der Waals surface area contributed by atoms with E-state index in [1.165, 1.54) is 12.1 Å². The molecule has 1 N–H and O–H groups in total. The zero-order valence-corrected chi connectivity index (χ0v) is 18.0. The van der Waals surface area contributed by atoms with Crippen LogP contribution in [0.15, 0.2) is 47.1 Å². The Labute approximate surface area is 177 Å². The first-order chi connectivity index (χ1) is 14.2. The number of hydrogen-bond donors (Lipinski definition) is 1. The van der Waals surface area contributed by atoms with Gasteiger partial charge in [0.1, 0.15) is 12.4 Å². The van der Waals surface area contributed by atoms with Crippen LogP contribution in [0.5, 0.6) is 11.5 Å². The van der Waals surface area contributed by atoms with Crippen LogP contribution in [0.1, 0.15) is 52.0 Å². The van der Waals surface area contributed by atoms with E-state index in [1.54, 1.807) is 19.1 Å². The van der Waals surface area contributed by atoms with Gasteiger partial charge in [-0.05, 0) is 43.4 Å². The fraction of sp³-hybridized carbons (Fsp3) is 0.458. The number of nitrogens with zero attached hydrogens (tertiary/aromatic N) is 1. The second-order valence-corrected chi connectivity index (χ2v) is 8.59. The molecular formula is C24H29NO5. The zero-order chi connectivity index (χ0) is 22.1. The molecular weight excluding hydrogens is 382 g/mol. The van der Waals surface area contributed by atoms with E-state index < -0.39 is 17.8 Å². The van der Waals surface area contributed by atoms with Gasteiger partial charge in [0.15, 0.2) is 11.5 Å². The standard InChI is InChI=1S/C24H29NO5/c1-6-10-30-23(28)20-14(3)25-16-12-24(4,5)13-18(27)22(16)21(20)15-8-9-17(26)19(11-15)29-7-2/h6,8-9,11,21-22,26H,1,7,10,12-13H2,2-5H3/t21-,22?/m1/s1. The Bertz CT molecular complexity index is 941. The Balaban J connectivity index is 2.16. The third kappa shape index (κ3) is 4.18. The largest absolute Gasteiger partial charge is 0.504 e. The normalized spacial score (nSPS) is 22.8. The van der Waals surface area contributed by atoms with Crippen molar-refractivity contribution < 1.29 is 24.2 Å². The van der Waals surface area contributed by atoms with E-state index >= 15 is 0 Å². The summed E-state index contributed by atoms with van der Waals surface area (Å²) in [5.74, 6) is -1.20. The van der Waals surface area contributed by atoms with E-state index in [0.29, 0.717) is 42.0 Å². The van der Waals surface area contributed by atoms with Crippen LogP contribution in [0, 0.1) is 11.3 Å². The van der Waals surface area contributed by atoms with Crippen molar-refractivity contribution in [2.75, 3.05) is 13.2 Å².